The number of carbonyl (C=O) groups excluding carboxylic acids is 2. The lowest BCUT2D eigenvalue weighted by atomic mass is 10.0. The number of anilines is 3. The molecule has 0 spiro atoms. The SMILES string of the molecule is NC(=O)c1c(NC2CCCC2)sc(-c2cccc(C=O)c2N)c1N. The smallest absolute Gasteiger partial charge is 0.253 e. The second-order valence-corrected chi connectivity index (χ2v) is 6.99. The fourth-order valence-corrected chi connectivity index (χ4v) is 4.37. The molecule has 0 bridgehead atoms. The Morgan fingerprint density at radius 2 is 1.92 bits per heavy atom. The van der Waals surface area contributed by atoms with Crippen LogP contribution in [-0.2, 0) is 0 Å². The molecule has 0 aliphatic heterocycles. The van der Waals surface area contributed by atoms with Crippen LogP contribution in [0.4, 0.5) is 16.4 Å². The zero-order valence-corrected chi connectivity index (χ0v) is 14.0. The Morgan fingerprint density at radius 1 is 1.21 bits per heavy atom. The maximum Gasteiger partial charge on any atom is 0.253 e. The molecular weight excluding hydrogens is 324 g/mol. The number of primary amides is 1. The van der Waals surface area contributed by atoms with Crippen molar-refractivity contribution in [2.45, 2.75) is 31.7 Å². The molecule has 7 N–H and O–H groups in total. The number of rotatable bonds is 5. The highest BCUT2D eigenvalue weighted by molar-refractivity contribution is 7.20. The molecule has 1 fully saturated rings. The Balaban J connectivity index is 2.09. The summed E-state index contributed by atoms with van der Waals surface area (Å²) in [5, 5.41) is 4.08. The maximum atomic E-state index is 11.9. The third kappa shape index (κ3) is 2.82. The highest BCUT2D eigenvalue weighted by Gasteiger charge is 2.25. The Bertz CT molecular complexity index is 794. The van der Waals surface area contributed by atoms with Gasteiger partial charge in [0.1, 0.15) is 5.00 Å². The van der Waals surface area contributed by atoms with Gasteiger partial charge in [0.2, 0.25) is 0 Å². The van der Waals surface area contributed by atoms with Gasteiger partial charge in [-0.25, -0.2) is 0 Å². The normalized spacial score (nSPS) is 14.7. The molecular formula is C17H20N4O2S. The lowest BCUT2D eigenvalue weighted by Crippen LogP contribution is -2.19. The first-order valence-electron chi connectivity index (χ1n) is 7.85. The predicted molar refractivity (Wildman–Crippen MR) is 98.4 cm³/mol. The fourth-order valence-electron chi connectivity index (χ4n) is 3.13. The van der Waals surface area contributed by atoms with Crippen LogP contribution < -0.4 is 22.5 Å². The second-order valence-electron chi connectivity index (χ2n) is 5.97. The van der Waals surface area contributed by atoms with Gasteiger partial charge < -0.3 is 22.5 Å². The van der Waals surface area contributed by atoms with Crippen LogP contribution in [0.3, 0.4) is 0 Å². The molecule has 1 aromatic heterocycles. The van der Waals surface area contributed by atoms with E-state index >= 15 is 0 Å². The van der Waals surface area contributed by atoms with E-state index < -0.39 is 5.91 Å². The molecule has 24 heavy (non-hydrogen) atoms. The number of amides is 1. The summed E-state index contributed by atoms with van der Waals surface area (Å²) in [6.45, 7) is 0. The Kier molecular flexibility index (Phi) is 4.44. The summed E-state index contributed by atoms with van der Waals surface area (Å²) >= 11 is 1.35. The standard InChI is InChI=1S/C17H20N4O2S/c18-13-9(8-22)4-3-7-11(13)15-14(19)12(16(20)23)17(24-15)21-10-5-1-2-6-10/h3-4,7-8,10,21H,1-2,5-6,18-19H2,(H2,20,23). The maximum absolute atomic E-state index is 11.9. The number of aldehydes is 1. The van der Waals surface area contributed by atoms with Gasteiger partial charge in [0.05, 0.1) is 21.8 Å². The number of carbonyl (C=O) groups is 2. The average molecular weight is 344 g/mol. The van der Waals surface area contributed by atoms with Gasteiger partial charge in [-0.1, -0.05) is 25.0 Å². The number of hydrogen-bond donors (Lipinski definition) is 4. The molecule has 0 saturated heterocycles. The van der Waals surface area contributed by atoms with Crippen molar-refractivity contribution in [2.75, 3.05) is 16.8 Å². The number of para-hydroxylation sites is 1. The van der Waals surface area contributed by atoms with Crippen LogP contribution in [0, 0.1) is 0 Å². The molecule has 0 atom stereocenters. The summed E-state index contributed by atoms with van der Waals surface area (Å²) in [6.07, 6.45) is 5.18. The molecule has 1 saturated carbocycles. The van der Waals surface area contributed by atoms with Crippen molar-refractivity contribution in [1.82, 2.24) is 0 Å². The number of nitrogens with one attached hydrogen (secondary N) is 1. The molecule has 3 rings (SSSR count). The minimum Gasteiger partial charge on any atom is -0.398 e. The summed E-state index contributed by atoms with van der Waals surface area (Å²) in [5.74, 6) is -0.569. The van der Waals surface area contributed by atoms with Crippen LogP contribution in [0.15, 0.2) is 18.2 Å². The van der Waals surface area contributed by atoms with Gasteiger partial charge in [0.15, 0.2) is 6.29 Å². The zero-order chi connectivity index (χ0) is 17.3. The zero-order valence-electron chi connectivity index (χ0n) is 13.2. The molecule has 2 aromatic rings. The molecule has 0 radical (unpaired) electrons. The lowest BCUT2D eigenvalue weighted by Gasteiger charge is -2.12. The summed E-state index contributed by atoms with van der Waals surface area (Å²) in [5.41, 5.74) is 19.8. The number of benzene rings is 1. The van der Waals surface area contributed by atoms with Crippen LogP contribution in [0.5, 0.6) is 0 Å². The molecule has 1 aromatic carbocycles. The Hall–Kier alpha value is -2.54. The summed E-state index contributed by atoms with van der Waals surface area (Å²) in [6, 6.07) is 5.49. The van der Waals surface area contributed by atoms with Crippen molar-refractivity contribution >= 4 is 39.9 Å². The van der Waals surface area contributed by atoms with Gasteiger partial charge in [-0.2, -0.15) is 0 Å². The molecule has 1 aliphatic carbocycles. The first-order valence-corrected chi connectivity index (χ1v) is 8.67. The monoisotopic (exact) mass is 344 g/mol. The largest absolute Gasteiger partial charge is 0.398 e. The fraction of sp³-hybridized carbons (Fsp3) is 0.294. The van der Waals surface area contributed by atoms with Crippen molar-refractivity contribution in [1.29, 1.82) is 0 Å². The van der Waals surface area contributed by atoms with E-state index in [1.54, 1.807) is 18.2 Å². The molecule has 1 aliphatic rings. The molecule has 7 heteroatoms. The van der Waals surface area contributed by atoms with Crippen LogP contribution in [0.1, 0.15) is 46.4 Å². The summed E-state index contributed by atoms with van der Waals surface area (Å²) in [7, 11) is 0. The summed E-state index contributed by atoms with van der Waals surface area (Å²) < 4.78 is 0. The highest BCUT2D eigenvalue weighted by atomic mass is 32.1. The number of thiophene rings is 1. The molecule has 0 unspecified atom stereocenters. The van der Waals surface area contributed by atoms with Crippen LogP contribution in [0.25, 0.3) is 10.4 Å². The lowest BCUT2D eigenvalue weighted by molar-refractivity contribution is 0.100. The Morgan fingerprint density at radius 3 is 2.54 bits per heavy atom. The Labute approximate surface area is 144 Å². The van der Waals surface area contributed by atoms with Crippen LogP contribution >= 0.6 is 11.3 Å². The molecule has 126 valence electrons. The van der Waals surface area contributed by atoms with Gasteiger partial charge in [-0.05, 0) is 18.9 Å². The van der Waals surface area contributed by atoms with E-state index in [1.807, 2.05) is 0 Å². The van der Waals surface area contributed by atoms with Gasteiger partial charge in [-0.3, -0.25) is 9.59 Å². The topological polar surface area (TPSA) is 124 Å². The second kappa shape index (κ2) is 6.52. The predicted octanol–water partition coefficient (Wildman–Crippen LogP) is 2.85. The highest BCUT2D eigenvalue weighted by Crippen LogP contribution is 2.45. The van der Waals surface area contributed by atoms with E-state index in [-0.39, 0.29) is 0 Å². The van der Waals surface area contributed by atoms with Crippen molar-refractivity contribution in [3.05, 3.63) is 29.3 Å². The van der Waals surface area contributed by atoms with Crippen molar-refractivity contribution in [3.8, 4) is 10.4 Å². The van der Waals surface area contributed by atoms with E-state index in [1.165, 1.54) is 24.2 Å². The van der Waals surface area contributed by atoms with Crippen LogP contribution in [-0.4, -0.2) is 18.2 Å². The van der Waals surface area contributed by atoms with Gasteiger partial charge >= 0.3 is 0 Å². The minimum atomic E-state index is -0.569. The quantitative estimate of drug-likeness (QED) is 0.490. The first-order chi connectivity index (χ1) is 11.5. The third-order valence-corrected chi connectivity index (χ3v) is 5.56. The van der Waals surface area contributed by atoms with E-state index in [4.69, 9.17) is 17.2 Å². The average Bonchev–Trinajstić information content (AvgIpc) is 3.16. The van der Waals surface area contributed by atoms with Gasteiger partial charge in [0, 0.05) is 17.2 Å². The third-order valence-electron chi connectivity index (χ3n) is 4.39. The van der Waals surface area contributed by atoms with Crippen LogP contribution in [0.2, 0.25) is 0 Å². The first kappa shape index (κ1) is 16.3. The van der Waals surface area contributed by atoms with E-state index in [0.717, 1.165) is 12.8 Å². The number of nitrogens with two attached hydrogens (primary N) is 3. The van der Waals surface area contributed by atoms with E-state index in [2.05, 4.69) is 5.32 Å². The molecule has 1 amide bonds. The van der Waals surface area contributed by atoms with Crippen molar-refractivity contribution in [3.63, 3.8) is 0 Å². The van der Waals surface area contributed by atoms with E-state index in [0.29, 0.717) is 50.3 Å². The molecule has 1 heterocycles. The minimum absolute atomic E-state index is 0.304. The number of hydrogen-bond acceptors (Lipinski definition) is 6. The number of nitrogen functional groups attached to an aromatic ring is 2. The van der Waals surface area contributed by atoms with Crippen molar-refractivity contribution < 1.29 is 9.59 Å². The van der Waals surface area contributed by atoms with Gasteiger partial charge in [0.25, 0.3) is 5.91 Å². The molecule has 6 nitrogen and oxygen atoms in total. The van der Waals surface area contributed by atoms with E-state index in [9.17, 15) is 9.59 Å². The summed E-state index contributed by atoms with van der Waals surface area (Å²) in [4.78, 5) is 23.7. The van der Waals surface area contributed by atoms with Gasteiger partial charge in [-0.15, -0.1) is 11.3 Å². The van der Waals surface area contributed by atoms with Crippen molar-refractivity contribution in [2.24, 2.45) is 5.73 Å².